The van der Waals surface area contributed by atoms with E-state index in [9.17, 15) is 14.4 Å². The van der Waals surface area contributed by atoms with Crippen molar-refractivity contribution in [1.82, 2.24) is 24.3 Å². The molecule has 0 unspecified atom stereocenters. The van der Waals surface area contributed by atoms with E-state index in [1.54, 1.807) is 30.7 Å². The summed E-state index contributed by atoms with van der Waals surface area (Å²) in [4.78, 5) is 52.6. The van der Waals surface area contributed by atoms with Crippen LogP contribution in [0.2, 0.25) is 0 Å². The predicted molar refractivity (Wildman–Crippen MR) is 129 cm³/mol. The minimum atomic E-state index is -1.22. The van der Waals surface area contributed by atoms with Crippen LogP contribution in [0.4, 0.5) is 0 Å². The molecule has 2 fully saturated rings. The van der Waals surface area contributed by atoms with Crippen molar-refractivity contribution >= 4 is 17.7 Å². The van der Waals surface area contributed by atoms with E-state index in [1.165, 1.54) is 4.90 Å². The van der Waals surface area contributed by atoms with Crippen molar-refractivity contribution in [3.05, 3.63) is 84.2 Å². The number of rotatable bonds is 6. The van der Waals surface area contributed by atoms with Gasteiger partial charge in [0, 0.05) is 51.2 Å². The van der Waals surface area contributed by atoms with Gasteiger partial charge in [-0.1, -0.05) is 30.3 Å². The van der Waals surface area contributed by atoms with Crippen LogP contribution in [-0.4, -0.2) is 48.6 Å². The van der Waals surface area contributed by atoms with Gasteiger partial charge in [0.05, 0.1) is 18.0 Å². The number of piperidine rings is 1. The first-order valence-corrected chi connectivity index (χ1v) is 12.1. The monoisotopic (exact) mass is 471 g/mol. The molecule has 180 valence electrons. The lowest BCUT2D eigenvalue weighted by Crippen LogP contribution is -2.46. The SMILES string of the molecule is Cn1ccnc1[C@H]1CCCCN1C(=O)C[C@]1(c2ccccc2)CC(=O)N(Cc2ccncc2)C1=O. The van der Waals surface area contributed by atoms with E-state index in [0.717, 1.165) is 30.7 Å². The van der Waals surface area contributed by atoms with Crippen LogP contribution in [0, 0.1) is 0 Å². The summed E-state index contributed by atoms with van der Waals surface area (Å²) in [6, 6.07) is 12.7. The van der Waals surface area contributed by atoms with Gasteiger partial charge in [0.25, 0.3) is 0 Å². The molecular weight excluding hydrogens is 442 g/mol. The highest BCUT2D eigenvalue weighted by molar-refractivity contribution is 6.10. The number of aromatic nitrogens is 3. The summed E-state index contributed by atoms with van der Waals surface area (Å²) >= 11 is 0. The van der Waals surface area contributed by atoms with Crippen LogP contribution in [0.3, 0.4) is 0 Å². The molecule has 2 aromatic heterocycles. The number of nitrogens with zero attached hydrogens (tertiary/aromatic N) is 5. The molecule has 2 aliphatic rings. The summed E-state index contributed by atoms with van der Waals surface area (Å²) in [6.07, 6.45) is 9.60. The number of imide groups is 1. The third-order valence-corrected chi connectivity index (χ3v) is 7.26. The number of aryl methyl sites for hydroxylation is 1. The summed E-state index contributed by atoms with van der Waals surface area (Å²) < 4.78 is 1.95. The molecule has 4 heterocycles. The molecule has 0 saturated carbocycles. The van der Waals surface area contributed by atoms with Gasteiger partial charge in [-0.15, -0.1) is 0 Å². The molecule has 0 radical (unpaired) electrons. The van der Waals surface area contributed by atoms with Crippen molar-refractivity contribution in [1.29, 1.82) is 0 Å². The molecule has 35 heavy (non-hydrogen) atoms. The highest BCUT2D eigenvalue weighted by Crippen LogP contribution is 2.42. The molecule has 5 rings (SSSR count). The molecule has 1 aromatic carbocycles. The van der Waals surface area contributed by atoms with E-state index in [0.29, 0.717) is 12.1 Å². The van der Waals surface area contributed by atoms with Gasteiger partial charge in [0.1, 0.15) is 5.82 Å². The maximum atomic E-state index is 13.9. The van der Waals surface area contributed by atoms with Crippen LogP contribution in [0.25, 0.3) is 0 Å². The van der Waals surface area contributed by atoms with Crippen molar-refractivity contribution in [2.24, 2.45) is 7.05 Å². The van der Waals surface area contributed by atoms with Gasteiger partial charge in [-0.3, -0.25) is 24.3 Å². The van der Waals surface area contributed by atoms with Gasteiger partial charge < -0.3 is 9.47 Å². The molecule has 0 aliphatic carbocycles. The molecule has 8 nitrogen and oxygen atoms in total. The maximum absolute atomic E-state index is 13.9. The lowest BCUT2D eigenvalue weighted by Gasteiger charge is -2.37. The third kappa shape index (κ3) is 4.24. The Hall–Kier alpha value is -3.81. The summed E-state index contributed by atoms with van der Waals surface area (Å²) in [5, 5.41) is 0. The van der Waals surface area contributed by atoms with Gasteiger partial charge in [-0.25, -0.2) is 4.98 Å². The van der Waals surface area contributed by atoms with Gasteiger partial charge >= 0.3 is 0 Å². The summed E-state index contributed by atoms with van der Waals surface area (Å²) in [5.41, 5.74) is 0.309. The quantitative estimate of drug-likeness (QED) is 0.516. The summed E-state index contributed by atoms with van der Waals surface area (Å²) in [7, 11) is 1.93. The third-order valence-electron chi connectivity index (χ3n) is 7.26. The number of carbonyl (C=O) groups excluding carboxylic acids is 3. The molecule has 8 heteroatoms. The number of benzene rings is 1. The molecule has 0 N–H and O–H groups in total. The zero-order valence-corrected chi connectivity index (χ0v) is 19.8. The summed E-state index contributed by atoms with van der Waals surface area (Å²) in [6.45, 7) is 0.784. The standard InChI is InChI=1S/C27H29N5O3/c1-30-16-14-29-25(30)22-9-5-6-15-31(22)23(33)17-27(21-7-3-2-4-8-21)18-24(34)32(26(27)35)19-20-10-12-28-13-11-20/h2-4,7-8,10-14,16,22H,5-6,9,15,17-19H2,1H3/t22-,27-/m1/s1. The Kier molecular flexibility index (Phi) is 6.19. The zero-order chi connectivity index (χ0) is 24.4. The molecule has 2 saturated heterocycles. The van der Waals surface area contributed by atoms with Crippen molar-refractivity contribution in [3.8, 4) is 0 Å². The second kappa shape index (κ2) is 9.44. The normalized spacial score (nSPS) is 22.6. The average molecular weight is 472 g/mol. The van der Waals surface area contributed by atoms with E-state index in [4.69, 9.17) is 0 Å². The molecule has 3 aromatic rings. The lowest BCUT2D eigenvalue weighted by atomic mass is 9.75. The number of hydrogen-bond donors (Lipinski definition) is 0. The topological polar surface area (TPSA) is 88.4 Å². The Bertz CT molecular complexity index is 1230. The average Bonchev–Trinajstić information content (AvgIpc) is 3.42. The van der Waals surface area contributed by atoms with Crippen LogP contribution < -0.4 is 0 Å². The van der Waals surface area contributed by atoms with Crippen molar-refractivity contribution in [2.75, 3.05) is 6.54 Å². The fourth-order valence-corrected chi connectivity index (χ4v) is 5.41. The van der Waals surface area contributed by atoms with Crippen LogP contribution in [0.15, 0.2) is 67.3 Å². The maximum Gasteiger partial charge on any atom is 0.241 e. The van der Waals surface area contributed by atoms with E-state index in [-0.39, 0.29) is 43.1 Å². The van der Waals surface area contributed by atoms with E-state index in [2.05, 4.69) is 9.97 Å². The lowest BCUT2D eigenvalue weighted by molar-refractivity contribution is -0.144. The van der Waals surface area contributed by atoms with Crippen LogP contribution in [0.5, 0.6) is 0 Å². The Morgan fingerprint density at radius 2 is 1.83 bits per heavy atom. The van der Waals surface area contributed by atoms with E-state index < -0.39 is 5.41 Å². The van der Waals surface area contributed by atoms with Gasteiger partial charge in [-0.05, 0) is 42.5 Å². The smallest absolute Gasteiger partial charge is 0.241 e. The molecular formula is C27H29N5O3. The number of imidazole rings is 1. The molecule has 3 amide bonds. The fraction of sp³-hybridized carbons (Fsp3) is 0.370. The number of hydrogen-bond acceptors (Lipinski definition) is 5. The summed E-state index contributed by atoms with van der Waals surface area (Å²) in [5.74, 6) is 0.153. The Morgan fingerprint density at radius 1 is 1.06 bits per heavy atom. The first-order chi connectivity index (χ1) is 17.0. The highest BCUT2D eigenvalue weighted by atomic mass is 16.2. The Balaban J connectivity index is 1.47. The van der Waals surface area contributed by atoms with Crippen LogP contribution >= 0.6 is 0 Å². The largest absolute Gasteiger partial charge is 0.336 e. The second-order valence-electron chi connectivity index (χ2n) is 9.44. The van der Waals surface area contributed by atoms with Gasteiger partial charge in [-0.2, -0.15) is 0 Å². The van der Waals surface area contributed by atoms with Crippen LogP contribution in [0.1, 0.15) is 55.1 Å². The number of carbonyl (C=O) groups is 3. The van der Waals surface area contributed by atoms with E-state index >= 15 is 0 Å². The van der Waals surface area contributed by atoms with Crippen molar-refractivity contribution in [3.63, 3.8) is 0 Å². The first kappa shape index (κ1) is 23.0. The first-order valence-electron chi connectivity index (χ1n) is 12.1. The molecule has 2 atom stereocenters. The van der Waals surface area contributed by atoms with Gasteiger partial charge in [0.2, 0.25) is 17.7 Å². The Morgan fingerprint density at radius 3 is 2.54 bits per heavy atom. The van der Waals surface area contributed by atoms with Crippen molar-refractivity contribution < 1.29 is 14.4 Å². The molecule has 0 bridgehead atoms. The second-order valence-corrected chi connectivity index (χ2v) is 9.44. The predicted octanol–water partition coefficient (Wildman–Crippen LogP) is 3.16. The van der Waals surface area contributed by atoms with Crippen LogP contribution in [-0.2, 0) is 33.4 Å². The van der Waals surface area contributed by atoms with E-state index in [1.807, 2.05) is 53.0 Å². The highest BCUT2D eigenvalue weighted by Gasteiger charge is 2.54. The minimum absolute atomic E-state index is 0.0203. The van der Waals surface area contributed by atoms with Crippen molar-refractivity contribution in [2.45, 2.75) is 50.1 Å². The number of amides is 3. The minimum Gasteiger partial charge on any atom is -0.336 e. The number of likely N-dealkylation sites (tertiary alicyclic amines) is 2. The number of pyridine rings is 1. The fourth-order valence-electron chi connectivity index (χ4n) is 5.41. The zero-order valence-electron chi connectivity index (χ0n) is 19.8. The molecule has 0 spiro atoms. The Labute approximate surface area is 204 Å². The van der Waals surface area contributed by atoms with Gasteiger partial charge in [0.15, 0.2) is 0 Å². The molecule has 2 aliphatic heterocycles.